The predicted molar refractivity (Wildman–Crippen MR) is 100 cm³/mol. The normalized spacial score (nSPS) is 14.9. The quantitative estimate of drug-likeness (QED) is 0.813. The highest BCUT2D eigenvalue weighted by Crippen LogP contribution is 2.17. The van der Waals surface area contributed by atoms with Crippen molar-refractivity contribution in [1.82, 2.24) is 10.2 Å². The van der Waals surface area contributed by atoms with E-state index >= 15 is 0 Å². The van der Waals surface area contributed by atoms with Crippen LogP contribution < -0.4 is 5.32 Å². The van der Waals surface area contributed by atoms with Gasteiger partial charge in [0.1, 0.15) is 12.4 Å². The molecule has 0 saturated carbocycles. The first kappa shape index (κ1) is 19.2. The van der Waals surface area contributed by atoms with Gasteiger partial charge in [0.25, 0.3) is 0 Å². The fourth-order valence-corrected chi connectivity index (χ4v) is 3.28. The van der Waals surface area contributed by atoms with Crippen LogP contribution in [-0.2, 0) is 34.1 Å². The number of furan rings is 1. The van der Waals surface area contributed by atoms with E-state index in [0.29, 0.717) is 32.8 Å². The van der Waals surface area contributed by atoms with Gasteiger partial charge in [-0.25, -0.2) is 0 Å². The minimum Gasteiger partial charge on any atom is -0.467 e. The van der Waals surface area contributed by atoms with E-state index in [1.54, 1.807) is 18.1 Å². The summed E-state index contributed by atoms with van der Waals surface area (Å²) in [5.41, 5.74) is 2.10. The van der Waals surface area contributed by atoms with Gasteiger partial charge in [-0.2, -0.15) is 0 Å². The molecule has 1 aliphatic heterocycles. The molecule has 1 aromatic carbocycles. The molecule has 0 spiro atoms. The summed E-state index contributed by atoms with van der Waals surface area (Å²) >= 11 is 0. The number of carbonyl (C=O) groups excluding carboxylic acids is 2. The molecular weight excluding hydrogens is 344 g/mol. The molecule has 1 aromatic heterocycles. The molecule has 0 bridgehead atoms. The largest absolute Gasteiger partial charge is 0.467 e. The molecule has 144 valence electrons. The lowest BCUT2D eigenvalue weighted by Crippen LogP contribution is -2.42. The van der Waals surface area contributed by atoms with Gasteiger partial charge in [-0.1, -0.05) is 24.3 Å². The van der Waals surface area contributed by atoms with Crippen LogP contribution in [0.5, 0.6) is 0 Å². The third-order valence-corrected chi connectivity index (χ3v) is 4.86. The average molecular weight is 370 g/mol. The minimum absolute atomic E-state index is 0.0135. The van der Waals surface area contributed by atoms with E-state index < -0.39 is 0 Å². The van der Waals surface area contributed by atoms with Crippen molar-refractivity contribution in [2.45, 2.75) is 39.5 Å². The summed E-state index contributed by atoms with van der Waals surface area (Å²) in [7, 11) is 0. The van der Waals surface area contributed by atoms with Gasteiger partial charge in [0.2, 0.25) is 11.8 Å². The van der Waals surface area contributed by atoms with Crippen LogP contribution in [-0.4, -0.2) is 29.8 Å². The van der Waals surface area contributed by atoms with E-state index in [0.717, 1.165) is 29.7 Å². The molecule has 0 radical (unpaired) electrons. The Balaban J connectivity index is 1.42. The SMILES string of the molecule is CC(=O)N1CCC(C(=O)NCc2cccc(COCc3ccco3)c2)CC1. The van der Waals surface area contributed by atoms with Gasteiger partial charge in [-0.3, -0.25) is 9.59 Å². The van der Waals surface area contributed by atoms with Gasteiger partial charge in [-0.05, 0) is 36.1 Å². The summed E-state index contributed by atoms with van der Waals surface area (Å²) in [5.74, 6) is 0.937. The molecule has 1 saturated heterocycles. The Bertz CT molecular complexity index is 749. The second kappa shape index (κ2) is 9.37. The van der Waals surface area contributed by atoms with Crippen molar-refractivity contribution < 1.29 is 18.7 Å². The number of benzene rings is 1. The molecule has 3 rings (SSSR count). The Hall–Kier alpha value is -2.60. The molecule has 1 N–H and O–H groups in total. The van der Waals surface area contributed by atoms with Gasteiger partial charge in [0, 0.05) is 32.5 Å². The second-order valence-corrected chi connectivity index (χ2v) is 6.89. The highest BCUT2D eigenvalue weighted by atomic mass is 16.5. The van der Waals surface area contributed by atoms with Crippen molar-refractivity contribution in [3.05, 3.63) is 59.5 Å². The van der Waals surface area contributed by atoms with E-state index in [9.17, 15) is 9.59 Å². The van der Waals surface area contributed by atoms with Gasteiger partial charge >= 0.3 is 0 Å². The monoisotopic (exact) mass is 370 g/mol. The van der Waals surface area contributed by atoms with Gasteiger partial charge in [0.15, 0.2) is 0 Å². The smallest absolute Gasteiger partial charge is 0.223 e. The number of hydrogen-bond acceptors (Lipinski definition) is 4. The topological polar surface area (TPSA) is 71.8 Å². The molecule has 0 unspecified atom stereocenters. The van der Waals surface area contributed by atoms with Crippen molar-refractivity contribution in [1.29, 1.82) is 0 Å². The third kappa shape index (κ3) is 5.69. The lowest BCUT2D eigenvalue weighted by atomic mass is 9.96. The Kier molecular flexibility index (Phi) is 6.65. The maximum Gasteiger partial charge on any atom is 0.223 e. The number of rotatable bonds is 7. The molecule has 6 heteroatoms. The first-order valence-electron chi connectivity index (χ1n) is 9.33. The predicted octanol–water partition coefficient (Wildman–Crippen LogP) is 2.87. The number of ether oxygens (including phenoxy) is 1. The van der Waals surface area contributed by atoms with Gasteiger partial charge in [-0.15, -0.1) is 0 Å². The number of nitrogens with zero attached hydrogens (tertiary/aromatic N) is 1. The molecule has 0 aliphatic carbocycles. The molecule has 6 nitrogen and oxygen atoms in total. The Morgan fingerprint density at radius 1 is 1.15 bits per heavy atom. The van der Waals surface area contributed by atoms with Crippen molar-refractivity contribution in [2.24, 2.45) is 5.92 Å². The Morgan fingerprint density at radius 2 is 1.93 bits per heavy atom. The number of likely N-dealkylation sites (tertiary alicyclic amines) is 1. The lowest BCUT2D eigenvalue weighted by Gasteiger charge is -2.30. The third-order valence-electron chi connectivity index (χ3n) is 4.86. The molecule has 27 heavy (non-hydrogen) atoms. The van der Waals surface area contributed by atoms with Gasteiger partial charge < -0.3 is 19.4 Å². The molecule has 2 aromatic rings. The van der Waals surface area contributed by atoms with Crippen LogP contribution in [0.4, 0.5) is 0 Å². The zero-order valence-corrected chi connectivity index (χ0v) is 15.6. The van der Waals surface area contributed by atoms with Crippen molar-refractivity contribution in [3.8, 4) is 0 Å². The molecule has 0 atom stereocenters. The molecule has 2 heterocycles. The molecular formula is C21H26N2O4. The van der Waals surface area contributed by atoms with Crippen LogP contribution in [0.3, 0.4) is 0 Å². The van der Waals surface area contributed by atoms with Crippen LogP contribution in [0.2, 0.25) is 0 Å². The maximum absolute atomic E-state index is 12.4. The van der Waals surface area contributed by atoms with E-state index in [2.05, 4.69) is 5.32 Å². The van der Waals surface area contributed by atoms with Crippen molar-refractivity contribution in [2.75, 3.05) is 13.1 Å². The Morgan fingerprint density at radius 3 is 2.63 bits per heavy atom. The molecule has 2 amide bonds. The van der Waals surface area contributed by atoms with Crippen LogP contribution in [0.25, 0.3) is 0 Å². The van der Waals surface area contributed by atoms with E-state index in [-0.39, 0.29) is 17.7 Å². The number of carbonyl (C=O) groups is 2. The minimum atomic E-state index is -0.0135. The van der Waals surface area contributed by atoms with Crippen LogP contribution in [0.1, 0.15) is 36.7 Å². The fraction of sp³-hybridized carbons (Fsp3) is 0.429. The number of nitrogens with one attached hydrogen (secondary N) is 1. The van der Waals surface area contributed by atoms with Crippen LogP contribution >= 0.6 is 0 Å². The number of amides is 2. The van der Waals surface area contributed by atoms with E-state index in [1.165, 1.54) is 0 Å². The zero-order valence-electron chi connectivity index (χ0n) is 15.6. The fourth-order valence-electron chi connectivity index (χ4n) is 3.28. The summed E-state index contributed by atoms with van der Waals surface area (Å²) in [6.45, 7) is 4.33. The highest BCUT2D eigenvalue weighted by Gasteiger charge is 2.25. The first-order valence-corrected chi connectivity index (χ1v) is 9.33. The van der Waals surface area contributed by atoms with Crippen LogP contribution in [0.15, 0.2) is 47.1 Å². The van der Waals surface area contributed by atoms with Crippen LogP contribution in [0, 0.1) is 5.92 Å². The molecule has 1 fully saturated rings. The zero-order chi connectivity index (χ0) is 19.1. The van der Waals surface area contributed by atoms with Crippen molar-refractivity contribution in [3.63, 3.8) is 0 Å². The summed E-state index contributed by atoms with van der Waals surface area (Å²) in [5, 5.41) is 3.02. The maximum atomic E-state index is 12.4. The number of piperidine rings is 1. The van der Waals surface area contributed by atoms with E-state index in [4.69, 9.17) is 9.15 Å². The lowest BCUT2D eigenvalue weighted by molar-refractivity contribution is -0.134. The number of hydrogen-bond donors (Lipinski definition) is 1. The van der Waals surface area contributed by atoms with Gasteiger partial charge in [0.05, 0.1) is 12.9 Å². The highest BCUT2D eigenvalue weighted by molar-refractivity contribution is 5.79. The average Bonchev–Trinajstić information content (AvgIpc) is 3.20. The second-order valence-electron chi connectivity index (χ2n) is 6.89. The summed E-state index contributed by atoms with van der Waals surface area (Å²) in [6, 6.07) is 11.7. The van der Waals surface area contributed by atoms with E-state index in [1.807, 2.05) is 36.4 Å². The summed E-state index contributed by atoms with van der Waals surface area (Å²) in [6.07, 6.45) is 3.09. The summed E-state index contributed by atoms with van der Waals surface area (Å²) in [4.78, 5) is 25.6. The Labute approximate surface area is 159 Å². The van der Waals surface area contributed by atoms with Crippen molar-refractivity contribution >= 4 is 11.8 Å². The standard InChI is InChI=1S/C21H26N2O4/c1-16(24)23-9-7-19(8-10-23)21(25)22-13-17-4-2-5-18(12-17)14-26-15-20-6-3-11-27-20/h2-6,11-12,19H,7-10,13-15H2,1H3,(H,22,25). The molecule has 1 aliphatic rings. The summed E-state index contributed by atoms with van der Waals surface area (Å²) < 4.78 is 10.9. The first-order chi connectivity index (χ1) is 13.1.